The Morgan fingerprint density at radius 1 is 1.35 bits per heavy atom. The lowest BCUT2D eigenvalue weighted by Gasteiger charge is -2.15. The van der Waals surface area contributed by atoms with E-state index in [0.29, 0.717) is 18.1 Å². The average molecular weight is 278 g/mol. The molecule has 20 heavy (non-hydrogen) atoms. The zero-order valence-corrected chi connectivity index (χ0v) is 12.8. The topological polar surface area (TPSA) is 51.2 Å². The van der Waals surface area contributed by atoms with Crippen LogP contribution in [0.3, 0.4) is 0 Å². The number of nitrogens with one attached hydrogen (secondary N) is 1. The third-order valence-corrected chi connectivity index (χ3v) is 3.39. The van der Waals surface area contributed by atoms with Crippen molar-refractivity contribution >= 4 is 11.8 Å². The molecule has 0 aliphatic rings. The van der Waals surface area contributed by atoms with E-state index in [1.54, 1.807) is 19.2 Å². The van der Waals surface area contributed by atoms with Gasteiger partial charge in [-0.25, -0.2) is 9.78 Å². The fraction of sp³-hybridized carbons (Fsp3) is 0.625. The summed E-state index contributed by atoms with van der Waals surface area (Å²) in [5, 5.41) is 3.34. The summed E-state index contributed by atoms with van der Waals surface area (Å²) in [6, 6.07) is 3.58. The Labute approximate surface area is 121 Å². The predicted molar refractivity (Wildman–Crippen MR) is 82.0 cm³/mol. The predicted octanol–water partition coefficient (Wildman–Crippen LogP) is 3.89. The Hall–Kier alpha value is -1.58. The van der Waals surface area contributed by atoms with E-state index in [-0.39, 0.29) is 5.97 Å². The van der Waals surface area contributed by atoms with Crippen LogP contribution < -0.4 is 5.32 Å². The Morgan fingerprint density at radius 3 is 2.70 bits per heavy atom. The number of anilines is 1. The molecule has 1 rings (SSSR count). The molecule has 4 nitrogen and oxygen atoms in total. The maximum absolute atomic E-state index is 11.5. The van der Waals surface area contributed by atoms with Crippen LogP contribution in [0.1, 0.15) is 56.8 Å². The SMILES string of the molecule is CCCCC(CC)CNc1ccc(C(=O)OCC)cn1. The summed E-state index contributed by atoms with van der Waals surface area (Å²) in [7, 11) is 0. The first-order valence-electron chi connectivity index (χ1n) is 7.58. The van der Waals surface area contributed by atoms with E-state index < -0.39 is 0 Å². The number of carbonyl (C=O) groups is 1. The van der Waals surface area contributed by atoms with Crippen molar-refractivity contribution < 1.29 is 9.53 Å². The summed E-state index contributed by atoms with van der Waals surface area (Å²) in [5.41, 5.74) is 0.496. The lowest BCUT2D eigenvalue weighted by Crippen LogP contribution is -2.14. The number of hydrogen-bond acceptors (Lipinski definition) is 4. The van der Waals surface area contributed by atoms with Gasteiger partial charge in [0.05, 0.1) is 12.2 Å². The van der Waals surface area contributed by atoms with E-state index in [4.69, 9.17) is 4.74 Å². The minimum absolute atomic E-state index is 0.319. The summed E-state index contributed by atoms with van der Waals surface area (Å²) in [6.45, 7) is 7.55. The second-order valence-corrected chi connectivity index (χ2v) is 4.95. The molecule has 4 heteroatoms. The highest BCUT2D eigenvalue weighted by Gasteiger charge is 2.08. The van der Waals surface area contributed by atoms with Crippen molar-refractivity contribution in [2.24, 2.45) is 5.92 Å². The van der Waals surface area contributed by atoms with Crippen molar-refractivity contribution in [2.75, 3.05) is 18.5 Å². The second kappa shape index (κ2) is 9.34. The summed E-state index contributed by atoms with van der Waals surface area (Å²) >= 11 is 0. The van der Waals surface area contributed by atoms with E-state index in [0.717, 1.165) is 12.4 Å². The molecule has 0 aliphatic heterocycles. The molecule has 0 spiro atoms. The third kappa shape index (κ3) is 5.59. The van der Waals surface area contributed by atoms with Crippen LogP contribution in [0.25, 0.3) is 0 Å². The Bertz CT molecular complexity index is 390. The standard InChI is InChI=1S/C16H26N2O2/c1-4-7-8-13(5-2)11-17-15-10-9-14(12-18-15)16(19)20-6-3/h9-10,12-13H,4-8,11H2,1-3H3,(H,17,18). The molecule has 0 bridgehead atoms. The van der Waals surface area contributed by atoms with Crippen LogP contribution in [0.15, 0.2) is 18.3 Å². The highest BCUT2D eigenvalue weighted by Crippen LogP contribution is 2.14. The van der Waals surface area contributed by atoms with Gasteiger partial charge < -0.3 is 10.1 Å². The summed E-state index contributed by atoms with van der Waals surface area (Å²) < 4.78 is 4.93. The lowest BCUT2D eigenvalue weighted by atomic mass is 9.99. The van der Waals surface area contributed by atoms with Crippen molar-refractivity contribution in [3.05, 3.63) is 23.9 Å². The van der Waals surface area contributed by atoms with Crippen LogP contribution in [0.2, 0.25) is 0 Å². The van der Waals surface area contributed by atoms with Crippen LogP contribution in [0, 0.1) is 5.92 Å². The number of ether oxygens (including phenoxy) is 1. The van der Waals surface area contributed by atoms with Crippen molar-refractivity contribution in [1.82, 2.24) is 4.98 Å². The Morgan fingerprint density at radius 2 is 2.15 bits per heavy atom. The molecule has 0 aromatic carbocycles. The fourth-order valence-electron chi connectivity index (χ4n) is 2.03. The number of carbonyl (C=O) groups excluding carboxylic acids is 1. The van der Waals surface area contributed by atoms with Crippen LogP contribution in [-0.2, 0) is 4.74 Å². The van der Waals surface area contributed by atoms with Crippen LogP contribution in [0.5, 0.6) is 0 Å². The van der Waals surface area contributed by atoms with Crippen molar-refractivity contribution in [3.63, 3.8) is 0 Å². The monoisotopic (exact) mass is 278 g/mol. The molecule has 0 radical (unpaired) electrons. The number of rotatable bonds is 9. The molecule has 1 atom stereocenters. The van der Waals surface area contributed by atoms with Gasteiger partial charge in [0.1, 0.15) is 5.82 Å². The van der Waals surface area contributed by atoms with Crippen LogP contribution >= 0.6 is 0 Å². The van der Waals surface area contributed by atoms with E-state index in [1.807, 2.05) is 6.07 Å². The molecule has 0 saturated heterocycles. The Kier molecular flexibility index (Phi) is 7.70. The normalized spacial score (nSPS) is 11.9. The number of unbranched alkanes of at least 4 members (excludes halogenated alkanes) is 1. The summed E-state index contributed by atoms with van der Waals surface area (Å²) in [5.74, 6) is 1.18. The largest absolute Gasteiger partial charge is 0.462 e. The molecule has 0 aliphatic carbocycles. The highest BCUT2D eigenvalue weighted by molar-refractivity contribution is 5.89. The zero-order valence-electron chi connectivity index (χ0n) is 12.8. The molecule has 0 saturated carbocycles. The van der Waals surface area contributed by atoms with Gasteiger partial charge in [0.15, 0.2) is 0 Å². The minimum Gasteiger partial charge on any atom is -0.462 e. The minimum atomic E-state index is -0.319. The maximum Gasteiger partial charge on any atom is 0.339 e. The molecule has 112 valence electrons. The second-order valence-electron chi connectivity index (χ2n) is 4.95. The van der Waals surface area contributed by atoms with Crippen LogP contribution in [-0.4, -0.2) is 24.1 Å². The molecule has 1 aromatic heterocycles. The molecule has 1 unspecified atom stereocenters. The van der Waals surface area contributed by atoms with E-state index in [2.05, 4.69) is 24.1 Å². The zero-order chi connectivity index (χ0) is 14.8. The van der Waals surface area contributed by atoms with E-state index >= 15 is 0 Å². The van der Waals surface area contributed by atoms with Crippen molar-refractivity contribution in [2.45, 2.75) is 46.5 Å². The number of hydrogen-bond donors (Lipinski definition) is 1. The number of nitrogens with zero attached hydrogens (tertiary/aromatic N) is 1. The Balaban J connectivity index is 2.46. The summed E-state index contributed by atoms with van der Waals surface area (Å²) in [6.07, 6.45) is 6.50. The number of aromatic nitrogens is 1. The van der Waals surface area contributed by atoms with Crippen LogP contribution in [0.4, 0.5) is 5.82 Å². The summed E-state index contributed by atoms with van der Waals surface area (Å²) in [4.78, 5) is 15.8. The van der Waals surface area contributed by atoms with Crippen molar-refractivity contribution in [3.8, 4) is 0 Å². The van der Waals surface area contributed by atoms with Gasteiger partial charge in [0.25, 0.3) is 0 Å². The fourth-order valence-corrected chi connectivity index (χ4v) is 2.03. The smallest absolute Gasteiger partial charge is 0.339 e. The van der Waals surface area contributed by atoms with Gasteiger partial charge in [-0.3, -0.25) is 0 Å². The molecule has 1 N–H and O–H groups in total. The third-order valence-electron chi connectivity index (χ3n) is 3.39. The molecular formula is C16H26N2O2. The maximum atomic E-state index is 11.5. The van der Waals surface area contributed by atoms with Gasteiger partial charge in [-0.05, 0) is 31.4 Å². The molecule has 1 heterocycles. The van der Waals surface area contributed by atoms with E-state index in [1.165, 1.54) is 25.7 Å². The van der Waals surface area contributed by atoms with Gasteiger partial charge in [0.2, 0.25) is 0 Å². The van der Waals surface area contributed by atoms with Crippen molar-refractivity contribution in [1.29, 1.82) is 0 Å². The van der Waals surface area contributed by atoms with Gasteiger partial charge in [-0.2, -0.15) is 0 Å². The molecule has 0 fully saturated rings. The van der Waals surface area contributed by atoms with Gasteiger partial charge >= 0.3 is 5.97 Å². The van der Waals surface area contributed by atoms with Gasteiger partial charge in [-0.1, -0.05) is 33.1 Å². The number of esters is 1. The molecule has 1 aromatic rings. The number of pyridine rings is 1. The van der Waals surface area contributed by atoms with E-state index in [9.17, 15) is 4.79 Å². The van der Waals surface area contributed by atoms with Gasteiger partial charge in [-0.15, -0.1) is 0 Å². The first-order valence-corrected chi connectivity index (χ1v) is 7.58. The average Bonchev–Trinajstić information content (AvgIpc) is 2.48. The quantitative estimate of drug-likeness (QED) is 0.696. The molecule has 0 amide bonds. The first-order chi connectivity index (χ1) is 9.71. The highest BCUT2D eigenvalue weighted by atomic mass is 16.5. The molecular weight excluding hydrogens is 252 g/mol. The first kappa shape index (κ1) is 16.5. The van der Waals surface area contributed by atoms with Gasteiger partial charge in [0, 0.05) is 12.7 Å². The lowest BCUT2D eigenvalue weighted by molar-refractivity contribution is 0.0526.